The number of hydrogen-bond acceptors (Lipinski definition) is 6. The van der Waals surface area contributed by atoms with Crippen LogP contribution in [0.4, 0.5) is 10.2 Å². The summed E-state index contributed by atoms with van der Waals surface area (Å²) < 4.78 is 52.5. The molecule has 1 aromatic heterocycles. The van der Waals surface area contributed by atoms with Crippen LogP contribution in [0.3, 0.4) is 0 Å². The first-order valence-corrected chi connectivity index (χ1v) is 10.1. The molecule has 0 aliphatic carbocycles. The summed E-state index contributed by atoms with van der Waals surface area (Å²) in [5.74, 6) is 0.0977. The van der Waals surface area contributed by atoms with Gasteiger partial charge in [0.25, 0.3) is 10.0 Å². The summed E-state index contributed by atoms with van der Waals surface area (Å²) >= 11 is 5.91. The Hall–Kier alpha value is -2.91. The molecule has 0 saturated heterocycles. The molecule has 29 heavy (non-hydrogen) atoms. The highest BCUT2D eigenvalue weighted by atomic mass is 35.5. The summed E-state index contributed by atoms with van der Waals surface area (Å²) in [5, 5.41) is 0.0923. The fraction of sp³-hybridized carbons (Fsp3) is 0.158. The predicted molar refractivity (Wildman–Crippen MR) is 106 cm³/mol. The number of nitrogens with zero attached hydrogens (tertiary/aromatic N) is 3. The standard InChI is InChI=1S/C19H17ClFN3O4S/c1-27-15-5-3-13(17(10-15)28-2)11-24(19-7-8-22-12-23-19)29(25,26)18-9-14(20)4-6-16(18)21/h3-10,12H,11H2,1-2H3. The molecule has 0 unspecified atom stereocenters. The van der Waals surface area contributed by atoms with Crippen LogP contribution in [0.25, 0.3) is 0 Å². The Morgan fingerprint density at radius 1 is 1.10 bits per heavy atom. The van der Waals surface area contributed by atoms with Gasteiger partial charge in [-0.2, -0.15) is 0 Å². The molecule has 0 radical (unpaired) electrons. The third-order valence-corrected chi connectivity index (χ3v) is 6.09. The predicted octanol–water partition coefficient (Wildman–Crippen LogP) is 3.68. The van der Waals surface area contributed by atoms with E-state index in [1.54, 1.807) is 18.2 Å². The molecule has 0 spiro atoms. The lowest BCUT2D eigenvalue weighted by molar-refractivity contribution is 0.391. The Labute approximate surface area is 172 Å². The van der Waals surface area contributed by atoms with Gasteiger partial charge in [-0.1, -0.05) is 11.6 Å². The Balaban J connectivity index is 2.13. The maximum Gasteiger partial charge on any atom is 0.268 e. The molecule has 0 saturated carbocycles. The molecule has 3 aromatic rings. The van der Waals surface area contributed by atoms with Crippen LogP contribution in [0.5, 0.6) is 11.5 Å². The summed E-state index contributed by atoms with van der Waals surface area (Å²) in [5.41, 5.74) is 0.526. The number of anilines is 1. The van der Waals surface area contributed by atoms with Crippen LogP contribution < -0.4 is 13.8 Å². The molecule has 0 amide bonds. The average molecular weight is 438 g/mol. The van der Waals surface area contributed by atoms with Gasteiger partial charge in [0.15, 0.2) is 0 Å². The maximum absolute atomic E-state index is 14.4. The van der Waals surface area contributed by atoms with Crippen LogP contribution in [0.15, 0.2) is 59.9 Å². The first-order chi connectivity index (χ1) is 13.9. The number of rotatable bonds is 7. The first kappa shape index (κ1) is 20.8. The van der Waals surface area contributed by atoms with E-state index in [-0.39, 0.29) is 17.4 Å². The van der Waals surface area contributed by atoms with Gasteiger partial charge in [0.05, 0.1) is 20.8 Å². The van der Waals surface area contributed by atoms with Crippen LogP contribution in [0, 0.1) is 5.82 Å². The second-order valence-electron chi connectivity index (χ2n) is 5.83. The molecule has 0 aliphatic rings. The number of sulfonamides is 1. The number of benzene rings is 2. The molecule has 0 bridgehead atoms. The Bertz CT molecular complexity index is 1110. The van der Waals surface area contributed by atoms with Crippen molar-refractivity contribution in [3.63, 3.8) is 0 Å². The van der Waals surface area contributed by atoms with Crippen molar-refractivity contribution in [1.29, 1.82) is 0 Å². The van der Waals surface area contributed by atoms with Gasteiger partial charge in [-0.15, -0.1) is 0 Å². The van der Waals surface area contributed by atoms with Gasteiger partial charge in [0, 0.05) is 28.9 Å². The Morgan fingerprint density at radius 2 is 1.90 bits per heavy atom. The normalized spacial score (nSPS) is 11.2. The molecule has 152 valence electrons. The summed E-state index contributed by atoms with van der Waals surface area (Å²) in [7, 11) is -1.38. The molecular weight excluding hydrogens is 421 g/mol. The van der Waals surface area contributed by atoms with Crippen molar-refractivity contribution in [2.75, 3.05) is 18.5 Å². The van der Waals surface area contributed by atoms with Crippen molar-refractivity contribution in [3.8, 4) is 11.5 Å². The lowest BCUT2D eigenvalue weighted by Gasteiger charge is -2.24. The van der Waals surface area contributed by atoms with Gasteiger partial charge < -0.3 is 9.47 Å². The summed E-state index contributed by atoms with van der Waals surface area (Å²) in [6, 6.07) is 9.71. The van der Waals surface area contributed by atoms with E-state index in [1.165, 1.54) is 38.9 Å². The topological polar surface area (TPSA) is 81.6 Å². The summed E-state index contributed by atoms with van der Waals surface area (Å²) in [6.45, 7) is -0.168. The van der Waals surface area contributed by atoms with Gasteiger partial charge in [-0.05, 0) is 30.3 Å². The van der Waals surface area contributed by atoms with Crippen molar-refractivity contribution < 1.29 is 22.3 Å². The van der Waals surface area contributed by atoms with E-state index < -0.39 is 20.7 Å². The quantitative estimate of drug-likeness (QED) is 0.560. The van der Waals surface area contributed by atoms with E-state index in [0.29, 0.717) is 17.1 Å². The Morgan fingerprint density at radius 3 is 2.55 bits per heavy atom. The zero-order valence-corrected chi connectivity index (χ0v) is 17.1. The zero-order chi connectivity index (χ0) is 21.0. The van der Waals surface area contributed by atoms with Crippen LogP contribution >= 0.6 is 11.6 Å². The minimum atomic E-state index is -4.35. The molecule has 1 heterocycles. The molecule has 3 rings (SSSR count). The SMILES string of the molecule is COc1ccc(CN(c2ccncn2)S(=O)(=O)c2cc(Cl)ccc2F)c(OC)c1. The maximum atomic E-state index is 14.4. The molecule has 10 heteroatoms. The molecule has 0 atom stereocenters. The highest BCUT2D eigenvalue weighted by Gasteiger charge is 2.30. The molecule has 0 N–H and O–H groups in total. The van der Waals surface area contributed by atoms with E-state index in [4.69, 9.17) is 21.1 Å². The molecular formula is C19H17ClFN3O4S. The fourth-order valence-electron chi connectivity index (χ4n) is 2.65. The molecule has 7 nitrogen and oxygen atoms in total. The molecule has 0 fully saturated rings. The van der Waals surface area contributed by atoms with E-state index >= 15 is 0 Å². The van der Waals surface area contributed by atoms with Crippen LogP contribution in [-0.4, -0.2) is 32.6 Å². The van der Waals surface area contributed by atoms with Gasteiger partial charge in [-0.25, -0.2) is 27.1 Å². The van der Waals surface area contributed by atoms with Crippen molar-refractivity contribution in [3.05, 3.63) is 71.4 Å². The van der Waals surface area contributed by atoms with Gasteiger partial charge in [0.2, 0.25) is 0 Å². The van der Waals surface area contributed by atoms with Gasteiger partial charge >= 0.3 is 0 Å². The lowest BCUT2D eigenvalue weighted by Crippen LogP contribution is -2.32. The average Bonchev–Trinajstić information content (AvgIpc) is 2.74. The largest absolute Gasteiger partial charge is 0.497 e. The highest BCUT2D eigenvalue weighted by Crippen LogP contribution is 2.31. The first-order valence-electron chi connectivity index (χ1n) is 8.31. The van der Waals surface area contributed by atoms with E-state index in [0.717, 1.165) is 16.4 Å². The second-order valence-corrected chi connectivity index (χ2v) is 8.10. The number of aromatic nitrogens is 2. The highest BCUT2D eigenvalue weighted by molar-refractivity contribution is 7.92. The smallest absolute Gasteiger partial charge is 0.268 e. The van der Waals surface area contributed by atoms with Crippen molar-refractivity contribution in [1.82, 2.24) is 9.97 Å². The van der Waals surface area contributed by atoms with Crippen LogP contribution in [-0.2, 0) is 16.6 Å². The number of hydrogen-bond donors (Lipinski definition) is 0. The monoisotopic (exact) mass is 437 g/mol. The van der Waals surface area contributed by atoms with Crippen molar-refractivity contribution >= 4 is 27.4 Å². The van der Waals surface area contributed by atoms with E-state index in [2.05, 4.69) is 9.97 Å². The molecule has 0 aliphatic heterocycles. The van der Waals surface area contributed by atoms with Crippen molar-refractivity contribution in [2.45, 2.75) is 11.4 Å². The summed E-state index contributed by atoms with van der Waals surface area (Å²) in [4.78, 5) is 7.27. The van der Waals surface area contributed by atoms with Crippen molar-refractivity contribution in [2.24, 2.45) is 0 Å². The van der Waals surface area contributed by atoms with Crippen LogP contribution in [0.2, 0.25) is 5.02 Å². The fourth-order valence-corrected chi connectivity index (χ4v) is 4.38. The van der Waals surface area contributed by atoms with Crippen LogP contribution in [0.1, 0.15) is 5.56 Å². The zero-order valence-electron chi connectivity index (χ0n) is 15.5. The van der Waals surface area contributed by atoms with Gasteiger partial charge in [0.1, 0.15) is 34.4 Å². The third-order valence-electron chi connectivity index (χ3n) is 4.09. The second kappa shape index (κ2) is 8.62. The number of halogens is 2. The minimum Gasteiger partial charge on any atom is -0.497 e. The number of methoxy groups -OCH3 is 2. The van der Waals surface area contributed by atoms with E-state index in [1.807, 2.05) is 0 Å². The Kier molecular flexibility index (Phi) is 6.19. The van der Waals surface area contributed by atoms with E-state index in [9.17, 15) is 12.8 Å². The number of ether oxygens (including phenoxy) is 2. The summed E-state index contributed by atoms with van der Waals surface area (Å²) in [6.07, 6.45) is 2.60. The van der Waals surface area contributed by atoms with Gasteiger partial charge in [-0.3, -0.25) is 0 Å². The molecule has 2 aromatic carbocycles. The third kappa shape index (κ3) is 4.41. The minimum absolute atomic E-state index is 0.0669. The lowest BCUT2D eigenvalue weighted by atomic mass is 10.2.